The summed E-state index contributed by atoms with van der Waals surface area (Å²) in [5, 5.41) is 17.7. The summed E-state index contributed by atoms with van der Waals surface area (Å²) in [5.74, 6) is -0.263. The van der Waals surface area contributed by atoms with E-state index in [0.717, 1.165) is 5.57 Å². The molecule has 2 unspecified atom stereocenters. The van der Waals surface area contributed by atoms with E-state index in [1.807, 2.05) is 6.92 Å². The molecule has 2 atom stereocenters. The highest BCUT2D eigenvalue weighted by molar-refractivity contribution is 8.00. The van der Waals surface area contributed by atoms with Crippen LogP contribution in [0.4, 0.5) is 0 Å². The maximum Gasteiger partial charge on any atom is 0.328 e. The Morgan fingerprint density at radius 1 is 1.54 bits per heavy atom. The number of hydrogen-bond donors (Lipinski definition) is 2. The minimum Gasteiger partial charge on any atom is -0.478 e. The van der Waals surface area contributed by atoms with Crippen molar-refractivity contribution in [3.05, 3.63) is 11.6 Å². The Morgan fingerprint density at radius 3 is 2.46 bits per heavy atom. The molecule has 0 aromatic heterocycles. The first-order chi connectivity index (χ1) is 5.93. The van der Waals surface area contributed by atoms with Gasteiger partial charge in [0.1, 0.15) is 0 Å². The highest BCUT2D eigenvalue weighted by Gasteiger charge is 2.08. The summed E-state index contributed by atoms with van der Waals surface area (Å²) in [7, 11) is 0. The van der Waals surface area contributed by atoms with E-state index < -0.39 is 5.97 Å². The zero-order valence-corrected chi connectivity index (χ0v) is 8.97. The Morgan fingerprint density at radius 2 is 2.08 bits per heavy atom. The van der Waals surface area contributed by atoms with Crippen molar-refractivity contribution in [3.8, 4) is 0 Å². The normalized spacial score (nSPS) is 16.8. The fourth-order valence-electron chi connectivity index (χ4n) is 0.655. The van der Waals surface area contributed by atoms with Gasteiger partial charge in [-0.1, -0.05) is 12.5 Å². The molecule has 0 spiro atoms. The van der Waals surface area contributed by atoms with E-state index in [4.69, 9.17) is 10.2 Å². The summed E-state index contributed by atoms with van der Waals surface area (Å²) in [6, 6.07) is 0. The van der Waals surface area contributed by atoms with Gasteiger partial charge in [0.2, 0.25) is 0 Å². The Bertz CT molecular complexity index is 199. The van der Waals surface area contributed by atoms with Gasteiger partial charge in [-0.3, -0.25) is 0 Å². The average molecular weight is 204 g/mol. The van der Waals surface area contributed by atoms with Gasteiger partial charge in [-0.25, -0.2) is 4.79 Å². The average Bonchev–Trinajstić information content (AvgIpc) is 1.98. The predicted octanol–water partition coefficient (Wildman–Crippen LogP) is 1.52. The molecule has 0 aliphatic heterocycles. The van der Waals surface area contributed by atoms with Gasteiger partial charge < -0.3 is 10.2 Å². The smallest absolute Gasteiger partial charge is 0.328 e. The van der Waals surface area contributed by atoms with E-state index in [-0.39, 0.29) is 11.4 Å². The fourth-order valence-corrected chi connectivity index (χ4v) is 1.54. The summed E-state index contributed by atoms with van der Waals surface area (Å²) in [6.07, 6.45) is 0.838. The predicted molar refractivity (Wildman–Crippen MR) is 55.0 cm³/mol. The molecule has 13 heavy (non-hydrogen) atoms. The molecule has 0 aliphatic carbocycles. The highest BCUT2D eigenvalue weighted by Crippen LogP contribution is 2.16. The van der Waals surface area contributed by atoms with Crippen LogP contribution in [0.25, 0.3) is 0 Å². The third-order valence-corrected chi connectivity index (χ3v) is 3.16. The number of carboxylic acids is 1. The van der Waals surface area contributed by atoms with Crippen LogP contribution < -0.4 is 0 Å². The number of carboxylic acid groups (broad SMARTS) is 1. The van der Waals surface area contributed by atoms with E-state index >= 15 is 0 Å². The van der Waals surface area contributed by atoms with Gasteiger partial charge in [-0.15, -0.1) is 0 Å². The van der Waals surface area contributed by atoms with Crippen LogP contribution in [-0.4, -0.2) is 33.3 Å². The van der Waals surface area contributed by atoms with E-state index in [2.05, 4.69) is 0 Å². The molecule has 0 radical (unpaired) electrons. The van der Waals surface area contributed by atoms with E-state index in [1.54, 1.807) is 25.6 Å². The lowest BCUT2D eigenvalue weighted by atomic mass is 10.3. The maximum atomic E-state index is 10.3. The third kappa shape index (κ3) is 6.66. The fraction of sp³-hybridized carbons (Fsp3) is 0.667. The summed E-state index contributed by atoms with van der Waals surface area (Å²) >= 11 is 1.55. The first-order valence-corrected chi connectivity index (χ1v) is 5.18. The Balaban J connectivity index is 3.82. The van der Waals surface area contributed by atoms with Gasteiger partial charge in [0.25, 0.3) is 0 Å². The second-order valence-electron chi connectivity index (χ2n) is 3.09. The molecule has 4 heteroatoms. The van der Waals surface area contributed by atoms with Crippen molar-refractivity contribution >= 4 is 17.7 Å². The van der Waals surface area contributed by atoms with Crippen LogP contribution in [0.1, 0.15) is 20.8 Å². The van der Waals surface area contributed by atoms with Crippen LogP contribution in [0.15, 0.2) is 11.6 Å². The van der Waals surface area contributed by atoms with Crippen LogP contribution in [0.3, 0.4) is 0 Å². The molecule has 0 saturated heterocycles. The topological polar surface area (TPSA) is 57.5 Å². The number of aliphatic hydroxyl groups excluding tert-OH is 1. The summed E-state index contributed by atoms with van der Waals surface area (Å²) in [5.41, 5.74) is 0.810. The van der Waals surface area contributed by atoms with Gasteiger partial charge in [-0.05, 0) is 13.8 Å². The molecule has 0 aromatic rings. The number of carbonyl (C=O) groups is 1. The lowest BCUT2D eigenvalue weighted by molar-refractivity contribution is -0.131. The number of aliphatic carboxylic acids is 1. The van der Waals surface area contributed by atoms with E-state index in [0.29, 0.717) is 5.75 Å². The highest BCUT2D eigenvalue weighted by atomic mass is 32.2. The number of rotatable bonds is 5. The molecule has 0 heterocycles. The number of hydrogen-bond acceptors (Lipinski definition) is 3. The first-order valence-electron chi connectivity index (χ1n) is 4.13. The van der Waals surface area contributed by atoms with Crippen LogP contribution in [0.5, 0.6) is 0 Å². The zero-order chi connectivity index (χ0) is 10.4. The second-order valence-corrected chi connectivity index (χ2v) is 4.45. The van der Waals surface area contributed by atoms with Gasteiger partial charge in [0, 0.05) is 17.1 Å². The first kappa shape index (κ1) is 12.5. The molecule has 2 N–H and O–H groups in total. The van der Waals surface area contributed by atoms with Crippen molar-refractivity contribution in [2.24, 2.45) is 0 Å². The quantitative estimate of drug-likeness (QED) is 0.667. The largest absolute Gasteiger partial charge is 0.478 e. The van der Waals surface area contributed by atoms with Crippen LogP contribution in [0.2, 0.25) is 0 Å². The molecular formula is C9H16O3S. The van der Waals surface area contributed by atoms with Crippen molar-refractivity contribution in [1.29, 1.82) is 0 Å². The summed E-state index contributed by atoms with van der Waals surface area (Å²) in [6.45, 7) is 5.42. The molecular weight excluding hydrogens is 188 g/mol. The van der Waals surface area contributed by atoms with Gasteiger partial charge in [-0.2, -0.15) is 11.8 Å². The molecule has 3 nitrogen and oxygen atoms in total. The van der Waals surface area contributed by atoms with Crippen LogP contribution >= 0.6 is 11.8 Å². The second kappa shape index (κ2) is 6.05. The van der Waals surface area contributed by atoms with Crippen molar-refractivity contribution < 1.29 is 15.0 Å². The standard InChI is InChI=1S/C9H16O3S/c1-6(4-9(11)12)5-13-8(3)7(2)10/h4,7-8,10H,5H2,1-3H3,(H,11,12). The lowest BCUT2D eigenvalue weighted by Gasteiger charge is -2.13. The molecule has 76 valence electrons. The van der Waals surface area contributed by atoms with Crippen LogP contribution in [-0.2, 0) is 4.79 Å². The van der Waals surface area contributed by atoms with Crippen molar-refractivity contribution in [2.75, 3.05) is 5.75 Å². The van der Waals surface area contributed by atoms with Crippen molar-refractivity contribution in [2.45, 2.75) is 32.1 Å². The summed E-state index contributed by atoms with van der Waals surface area (Å²) in [4.78, 5) is 10.3. The van der Waals surface area contributed by atoms with Gasteiger partial charge in [0.05, 0.1) is 6.10 Å². The van der Waals surface area contributed by atoms with Crippen molar-refractivity contribution in [3.63, 3.8) is 0 Å². The van der Waals surface area contributed by atoms with E-state index in [1.165, 1.54) is 6.08 Å². The maximum absolute atomic E-state index is 10.3. The van der Waals surface area contributed by atoms with Gasteiger partial charge >= 0.3 is 5.97 Å². The molecule has 0 rings (SSSR count). The van der Waals surface area contributed by atoms with Crippen LogP contribution in [0, 0.1) is 0 Å². The van der Waals surface area contributed by atoms with Crippen molar-refractivity contribution in [1.82, 2.24) is 0 Å². The lowest BCUT2D eigenvalue weighted by Crippen LogP contribution is -2.15. The SMILES string of the molecule is CC(=CC(=O)O)CSC(C)C(C)O. The molecule has 0 aromatic carbocycles. The zero-order valence-electron chi connectivity index (χ0n) is 8.15. The third-order valence-electron chi connectivity index (χ3n) is 1.62. The minimum atomic E-state index is -0.914. The monoisotopic (exact) mass is 204 g/mol. The molecule has 0 bridgehead atoms. The number of thioether (sulfide) groups is 1. The van der Waals surface area contributed by atoms with Gasteiger partial charge in [0.15, 0.2) is 0 Å². The van der Waals surface area contributed by atoms with E-state index in [9.17, 15) is 4.79 Å². The molecule has 0 aliphatic rings. The molecule has 0 fully saturated rings. The Kier molecular flexibility index (Phi) is 5.82. The Labute approximate surface area is 82.8 Å². The summed E-state index contributed by atoms with van der Waals surface area (Å²) < 4.78 is 0. The molecule has 0 saturated carbocycles. The Hall–Kier alpha value is -0.480. The minimum absolute atomic E-state index is 0.136. The molecule has 0 amide bonds. The number of aliphatic hydroxyl groups is 1.